The van der Waals surface area contributed by atoms with Crippen LogP contribution in [0.15, 0.2) is 53.3 Å². The zero-order chi connectivity index (χ0) is 19.7. The van der Waals surface area contributed by atoms with Crippen molar-refractivity contribution in [2.24, 2.45) is 5.92 Å². The summed E-state index contributed by atoms with van der Waals surface area (Å²) in [7, 11) is 1.65. The highest BCUT2D eigenvalue weighted by atomic mass is 35.5. The summed E-state index contributed by atoms with van der Waals surface area (Å²) in [6.45, 7) is 1.26. The number of aromatic amines is 1. The van der Waals surface area contributed by atoms with Crippen LogP contribution < -0.4 is 15.8 Å². The van der Waals surface area contributed by atoms with E-state index in [0.29, 0.717) is 17.3 Å². The monoisotopic (exact) mass is 395 g/mol. The van der Waals surface area contributed by atoms with Crippen molar-refractivity contribution < 1.29 is 4.79 Å². The quantitative estimate of drug-likeness (QED) is 0.708. The molecule has 1 atom stereocenters. The van der Waals surface area contributed by atoms with Gasteiger partial charge in [-0.2, -0.15) is 0 Å². The Balaban J connectivity index is 1.94. The van der Waals surface area contributed by atoms with E-state index in [4.69, 9.17) is 11.6 Å². The van der Waals surface area contributed by atoms with Gasteiger partial charge in [0.25, 0.3) is 5.56 Å². The summed E-state index contributed by atoms with van der Waals surface area (Å²) in [5.74, 6) is -0.108. The molecule has 6 heteroatoms. The zero-order valence-corrected chi connectivity index (χ0v) is 16.4. The van der Waals surface area contributed by atoms with Crippen LogP contribution in [0.1, 0.15) is 12.8 Å². The van der Waals surface area contributed by atoms with Gasteiger partial charge in [-0.3, -0.25) is 9.59 Å². The highest BCUT2D eigenvalue weighted by Gasteiger charge is 2.29. The van der Waals surface area contributed by atoms with Gasteiger partial charge in [-0.1, -0.05) is 41.9 Å². The third-order valence-corrected chi connectivity index (χ3v) is 5.60. The number of hydrogen-bond donors (Lipinski definition) is 2. The number of fused-ring (bicyclic) bond motifs is 1. The summed E-state index contributed by atoms with van der Waals surface area (Å²) in [5.41, 5.74) is 3.02. The van der Waals surface area contributed by atoms with E-state index < -0.39 is 0 Å². The van der Waals surface area contributed by atoms with Gasteiger partial charge in [0.2, 0.25) is 5.91 Å². The minimum atomic E-state index is -0.147. The summed E-state index contributed by atoms with van der Waals surface area (Å²) in [6, 6.07) is 15.4. The largest absolute Gasteiger partial charge is 0.366 e. The van der Waals surface area contributed by atoms with Crippen molar-refractivity contribution in [3.63, 3.8) is 0 Å². The molecule has 1 saturated heterocycles. The third-order valence-electron chi connectivity index (χ3n) is 5.37. The van der Waals surface area contributed by atoms with E-state index >= 15 is 0 Å². The third kappa shape index (κ3) is 3.38. The minimum Gasteiger partial charge on any atom is -0.366 e. The van der Waals surface area contributed by atoms with Crippen LogP contribution in [0, 0.1) is 5.92 Å². The van der Waals surface area contributed by atoms with Crippen LogP contribution in [0.25, 0.3) is 22.0 Å². The lowest BCUT2D eigenvalue weighted by atomic mass is 9.94. The van der Waals surface area contributed by atoms with E-state index in [9.17, 15) is 9.59 Å². The number of nitrogens with zero attached hydrogens (tertiary/aromatic N) is 1. The van der Waals surface area contributed by atoms with E-state index in [1.54, 1.807) is 13.1 Å². The second kappa shape index (κ2) is 7.68. The number of piperidine rings is 1. The van der Waals surface area contributed by atoms with Crippen LogP contribution in [0.2, 0.25) is 5.02 Å². The lowest BCUT2D eigenvalue weighted by molar-refractivity contribution is -0.124. The Morgan fingerprint density at radius 2 is 2.00 bits per heavy atom. The molecule has 1 unspecified atom stereocenters. The second-order valence-electron chi connectivity index (χ2n) is 7.13. The number of nitrogens with one attached hydrogen (secondary N) is 2. The van der Waals surface area contributed by atoms with E-state index in [-0.39, 0.29) is 17.4 Å². The maximum Gasteiger partial charge on any atom is 0.272 e. The molecule has 2 aromatic carbocycles. The molecular weight excluding hydrogens is 374 g/mol. The SMILES string of the molecule is CNC(=O)C1CCCN(c2c(-c3ccccc3)c3cc(Cl)ccc3[nH]c2=O)C1. The molecule has 1 amide bonds. The number of rotatable bonds is 3. The van der Waals surface area contributed by atoms with Gasteiger partial charge >= 0.3 is 0 Å². The van der Waals surface area contributed by atoms with Crippen molar-refractivity contribution in [3.05, 3.63) is 63.9 Å². The maximum absolute atomic E-state index is 13.1. The van der Waals surface area contributed by atoms with E-state index in [1.165, 1.54) is 0 Å². The predicted molar refractivity (Wildman–Crippen MR) is 114 cm³/mol. The Bertz CT molecular complexity index is 1080. The van der Waals surface area contributed by atoms with E-state index in [1.807, 2.05) is 47.4 Å². The van der Waals surface area contributed by atoms with Gasteiger partial charge in [-0.05, 0) is 36.6 Å². The predicted octanol–water partition coefficient (Wildman–Crippen LogP) is 3.81. The van der Waals surface area contributed by atoms with Crippen molar-refractivity contribution in [2.75, 3.05) is 25.0 Å². The first-order valence-corrected chi connectivity index (χ1v) is 9.84. The topological polar surface area (TPSA) is 65.2 Å². The number of aromatic nitrogens is 1. The van der Waals surface area contributed by atoms with Crippen molar-refractivity contribution >= 4 is 34.1 Å². The molecule has 2 heterocycles. The number of carbonyl (C=O) groups is 1. The smallest absolute Gasteiger partial charge is 0.272 e. The fraction of sp³-hybridized carbons (Fsp3) is 0.273. The van der Waals surface area contributed by atoms with E-state index in [0.717, 1.165) is 41.4 Å². The summed E-state index contributed by atoms with van der Waals surface area (Å²) in [5, 5.41) is 4.25. The molecule has 0 spiro atoms. The number of hydrogen-bond acceptors (Lipinski definition) is 3. The second-order valence-corrected chi connectivity index (χ2v) is 7.57. The highest BCUT2D eigenvalue weighted by Crippen LogP contribution is 2.36. The molecule has 1 aromatic heterocycles. The summed E-state index contributed by atoms with van der Waals surface area (Å²) >= 11 is 6.28. The number of amides is 1. The molecule has 1 aliphatic heterocycles. The molecule has 144 valence electrons. The Kier molecular flexibility index (Phi) is 5.09. The van der Waals surface area contributed by atoms with Crippen LogP contribution in [-0.2, 0) is 4.79 Å². The van der Waals surface area contributed by atoms with Crippen molar-refractivity contribution in [1.82, 2.24) is 10.3 Å². The average Bonchev–Trinajstić information content (AvgIpc) is 2.73. The molecule has 0 saturated carbocycles. The zero-order valence-electron chi connectivity index (χ0n) is 15.7. The normalized spacial score (nSPS) is 16.9. The number of carbonyl (C=O) groups excluding carboxylic acids is 1. The first-order valence-electron chi connectivity index (χ1n) is 9.46. The molecule has 28 heavy (non-hydrogen) atoms. The number of anilines is 1. The number of pyridine rings is 1. The lowest BCUT2D eigenvalue weighted by Gasteiger charge is -2.34. The van der Waals surface area contributed by atoms with Gasteiger partial charge in [0, 0.05) is 41.6 Å². The fourth-order valence-electron chi connectivity index (χ4n) is 4.05. The number of H-pyrrole nitrogens is 1. The van der Waals surface area contributed by atoms with Crippen LogP contribution in [0.5, 0.6) is 0 Å². The molecule has 4 rings (SSSR count). The molecular formula is C22H22ClN3O2. The number of halogens is 1. The summed E-state index contributed by atoms with van der Waals surface area (Å²) in [4.78, 5) is 30.4. The van der Waals surface area contributed by atoms with Crippen molar-refractivity contribution in [3.8, 4) is 11.1 Å². The first-order chi connectivity index (χ1) is 13.6. The van der Waals surface area contributed by atoms with Gasteiger partial charge in [0.1, 0.15) is 5.69 Å². The highest BCUT2D eigenvalue weighted by molar-refractivity contribution is 6.31. The molecule has 0 radical (unpaired) electrons. The van der Waals surface area contributed by atoms with Crippen LogP contribution in [-0.4, -0.2) is 31.0 Å². The average molecular weight is 396 g/mol. The summed E-state index contributed by atoms with van der Waals surface area (Å²) < 4.78 is 0. The van der Waals surface area contributed by atoms with Crippen molar-refractivity contribution in [1.29, 1.82) is 0 Å². The molecule has 1 fully saturated rings. The van der Waals surface area contributed by atoms with Gasteiger partial charge in [-0.15, -0.1) is 0 Å². The first kappa shape index (κ1) is 18.6. The Hall–Kier alpha value is -2.79. The Labute approximate surface area is 168 Å². The maximum atomic E-state index is 13.1. The Morgan fingerprint density at radius 1 is 1.21 bits per heavy atom. The molecule has 2 N–H and O–H groups in total. The molecule has 0 aliphatic carbocycles. The van der Waals surface area contributed by atoms with Gasteiger partial charge in [-0.25, -0.2) is 0 Å². The standard InChI is InChI=1S/C22H22ClN3O2/c1-24-21(27)15-8-5-11-26(13-15)20-19(14-6-3-2-4-7-14)17-12-16(23)9-10-18(17)25-22(20)28/h2-4,6-7,9-10,12,15H,5,8,11,13H2,1H3,(H,24,27)(H,25,28). The Morgan fingerprint density at radius 3 is 2.75 bits per heavy atom. The lowest BCUT2D eigenvalue weighted by Crippen LogP contribution is -2.44. The van der Waals surface area contributed by atoms with E-state index in [2.05, 4.69) is 10.3 Å². The van der Waals surface area contributed by atoms with Gasteiger partial charge in [0.05, 0.1) is 5.92 Å². The van der Waals surface area contributed by atoms with Crippen LogP contribution >= 0.6 is 11.6 Å². The van der Waals surface area contributed by atoms with Crippen LogP contribution in [0.4, 0.5) is 5.69 Å². The summed E-state index contributed by atoms with van der Waals surface area (Å²) in [6.07, 6.45) is 1.69. The molecule has 1 aliphatic rings. The molecule has 3 aromatic rings. The van der Waals surface area contributed by atoms with Gasteiger partial charge in [0.15, 0.2) is 0 Å². The molecule has 5 nitrogen and oxygen atoms in total. The fourth-order valence-corrected chi connectivity index (χ4v) is 4.22. The molecule has 0 bridgehead atoms. The minimum absolute atomic E-state index is 0.0197. The van der Waals surface area contributed by atoms with Crippen LogP contribution in [0.3, 0.4) is 0 Å². The van der Waals surface area contributed by atoms with Gasteiger partial charge < -0.3 is 15.2 Å². The number of benzene rings is 2. The van der Waals surface area contributed by atoms with Crippen molar-refractivity contribution in [2.45, 2.75) is 12.8 Å².